The molecule has 2 fully saturated rings. The van der Waals surface area contributed by atoms with E-state index >= 15 is 0 Å². The van der Waals surface area contributed by atoms with E-state index in [9.17, 15) is 4.79 Å². The van der Waals surface area contributed by atoms with Gasteiger partial charge in [0.25, 0.3) is 0 Å². The van der Waals surface area contributed by atoms with Gasteiger partial charge in [-0.25, -0.2) is 5.84 Å². The molecule has 1 saturated carbocycles. The zero-order valence-corrected chi connectivity index (χ0v) is 16.3. The van der Waals surface area contributed by atoms with Crippen LogP contribution in [0.5, 0.6) is 0 Å². The number of piperidine rings is 1. The summed E-state index contributed by atoms with van der Waals surface area (Å²) in [5, 5.41) is 12.5. The smallest absolute Gasteiger partial charge is 0.316 e. The first-order valence-electron chi connectivity index (χ1n) is 9.64. The van der Waals surface area contributed by atoms with E-state index in [1.807, 2.05) is 17.9 Å². The van der Waals surface area contributed by atoms with Gasteiger partial charge in [-0.2, -0.15) is 0 Å². The largest absolute Gasteiger partial charge is 0.403 e. The standard InChI is InChI=1S/C19H27N7O2/c1-12(17(27)26-9-7-19(5-6-19)8-10-26)22-18-24-23-16(28-18)13-3-4-15(25(2)21)14(20)11-13/h3-4,11-12H,5-10,20-21H2,1-2H3,(H,22,24). The molecule has 1 spiro atoms. The Labute approximate surface area is 164 Å². The van der Waals surface area contributed by atoms with Gasteiger partial charge in [-0.1, -0.05) is 5.10 Å². The highest BCUT2D eigenvalue weighted by atomic mass is 16.4. The Morgan fingerprint density at radius 1 is 1.29 bits per heavy atom. The molecule has 1 amide bonds. The molecule has 1 unspecified atom stereocenters. The van der Waals surface area contributed by atoms with Crippen LogP contribution in [-0.2, 0) is 4.79 Å². The lowest BCUT2D eigenvalue weighted by atomic mass is 9.93. The quantitative estimate of drug-likeness (QED) is 0.404. The van der Waals surface area contributed by atoms with E-state index in [1.54, 1.807) is 19.2 Å². The molecule has 2 heterocycles. The minimum atomic E-state index is -0.431. The fraction of sp³-hybridized carbons (Fsp3) is 0.526. The maximum Gasteiger partial charge on any atom is 0.316 e. The Bertz CT molecular complexity index is 865. The maximum atomic E-state index is 12.7. The topological polar surface area (TPSA) is 127 Å². The third-order valence-corrected chi connectivity index (χ3v) is 5.88. The van der Waals surface area contributed by atoms with Gasteiger partial charge in [0.1, 0.15) is 6.04 Å². The van der Waals surface area contributed by atoms with Crippen LogP contribution in [0.2, 0.25) is 0 Å². The number of nitrogens with two attached hydrogens (primary N) is 2. The van der Waals surface area contributed by atoms with E-state index in [0.717, 1.165) is 25.9 Å². The maximum absolute atomic E-state index is 12.7. The normalized spacial score (nSPS) is 18.8. The molecule has 1 aromatic heterocycles. The second-order valence-corrected chi connectivity index (χ2v) is 7.99. The Morgan fingerprint density at radius 3 is 2.61 bits per heavy atom. The molecule has 1 saturated heterocycles. The molecule has 1 aromatic carbocycles. The summed E-state index contributed by atoms with van der Waals surface area (Å²) in [6, 6.07) is 5.11. The third kappa shape index (κ3) is 3.62. The molecule has 4 rings (SSSR count). The van der Waals surface area contributed by atoms with Crippen LogP contribution in [0.1, 0.15) is 32.6 Å². The molecule has 9 heteroatoms. The summed E-state index contributed by atoms with van der Waals surface area (Å²) in [7, 11) is 1.71. The lowest BCUT2D eigenvalue weighted by molar-refractivity contribution is -0.133. The van der Waals surface area contributed by atoms with Crippen molar-refractivity contribution in [1.82, 2.24) is 15.1 Å². The molecule has 9 nitrogen and oxygen atoms in total. The van der Waals surface area contributed by atoms with Crippen molar-refractivity contribution in [2.75, 3.05) is 36.2 Å². The van der Waals surface area contributed by atoms with Crippen molar-refractivity contribution >= 4 is 23.3 Å². The highest BCUT2D eigenvalue weighted by Crippen LogP contribution is 2.53. The van der Waals surface area contributed by atoms with Crippen molar-refractivity contribution in [3.05, 3.63) is 18.2 Å². The molecule has 0 bridgehead atoms. The van der Waals surface area contributed by atoms with Crippen LogP contribution in [0.3, 0.4) is 0 Å². The first-order chi connectivity index (χ1) is 13.4. The van der Waals surface area contributed by atoms with Crippen LogP contribution in [0.15, 0.2) is 22.6 Å². The highest BCUT2D eigenvalue weighted by Gasteiger charge is 2.45. The predicted molar refractivity (Wildman–Crippen MR) is 107 cm³/mol. The zero-order valence-electron chi connectivity index (χ0n) is 16.3. The Hall–Kier alpha value is -2.81. The van der Waals surface area contributed by atoms with E-state index in [4.69, 9.17) is 16.0 Å². The number of anilines is 3. The SMILES string of the molecule is CC(Nc1nnc(-c2ccc(N(C)N)c(N)c2)o1)C(=O)N1CCC2(CC1)CC2. The summed E-state index contributed by atoms with van der Waals surface area (Å²) in [6.07, 6.45) is 4.87. The van der Waals surface area contributed by atoms with Crippen molar-refractivity contribution in [1.29, 1.82) is 0 Å². The number of carbonyl (C=O) groups excluding carboxylic acids is 1. The number of rotatable bonds is 5. The van der Waals surface area contributed by atoms with Gasteiger partial charge in [-0.15, -0.1) is 5.10 Å². The van der Waals surface area contributed by atoms with Gasteiger partial charge in [0.15, 0.2) is 0 Å². The molecule has 2 aromatic rings. The number of likely N-dealkylation sites (tertiary alicyclic amines) is 1. The van der Waals surface area contributed by atoms with Crippen LogP contribution in [0.25, 0.3) is 11.5 Å². The van der Waals surface area contributed by atoms with Crippen molar-refractivity contribution in [3.63, 3.8) is 0 Å². The zero-order chi connectivity index (χ0) is 19.9. The lowest BCUT2D eigenvalue weighted by Crippen LogP contribution is -2.45. The molecule has 5 N–H and O–H groups in total. The lowest BCUT2D eigenvalue weighted by Gasteiger charge is -2.33. The number of nitrogens with one attached hydrogen (secondary N) is 1. The first-order valence-corrected chi connectivity index (χ1v) is 9.64. The predicted octanol–water partition coefficient (Wildman–Crippen LogP) is 1.83. The van der Waals surface area contributed by atoms with Crippen LogP contribution in [-0.4, -0.2) is 47.2 Å². The molecule has 1 atom stereocenters. The molecule has 28 heavy (non-hydrogen) atoms. The van der Waals surface area contributed by atoms with Gasteiger partial charge in [0.2, 0.25) is 11.8 Å². The first kappa shape index (κ1) is 18.5. The number of amides is 1. The minimum absolute atomic E-state index is 0.0647. The van der Waals surface area contributed by atoms with Gasteiger partial charge < -0.3 is 25.4 Å². The summed E-state index contributed by atoms with van der Waals surface area (Å²) in [6.45, 7) is 3.49. The van der Waals surface area contributed by atoms with E-state index in [-0.39, 0.29) is 11.9 Å². The third-order valence-electron chi connectivity index (χ3n) is 5.88. The second kappa shape index (κ2) is 6.97. The summed E-state index contributed by atoms with van der Waals surface area (Å²) in [5.74, 6) is 6.12. The number of nitrogen functional groups attached to an aromatic ring is 1. The molecule has 1 aliphatic heterocycles. The van der Waals surface area contributed by atoms with E-state index in [1.165, 1.54) is 17.9 Å². The number of benzene rings is 1. The van der Waals surface area contributed by atoms with Gasteiger partial charge >= 0.3 is 6.01 Å². The van der Waals surface area contributed by atoms with E-state index < -0.39 is 6.04 Å². The van der Waals surface area contributed by atoms with Gasteiger partial charge in [0, 0.05) is 25.7 Å². The summed E-state index contributed by atoms with van der Waals surface area (Å²) >= 11 is 0. The Balaban J connectivity index is 1.39. The number of hydrogen-bond donors (Lipinski definition) is 3. The number of hydrogen-bond acceptors (Lipinski definition) is 8. The highest BCUT2D eigenvalue weighted by molar-refractivity contribution is 5.84. The van der Waals surface area contributed by atoms with Crippen molar-refractivity contribution in [3.8, 4) is 11.5 Å². The number of carbonyl (C=O) groups is 1. The minimum Gasteiger partial charge on any atom is -0.403 e. The fourth-order valence-electron chi connectivity index (χ4n) is 3.81. The fourth-order valence-corrected chi connectivity index (χ4v) is 3.81. The van der Waals surface area contributed by atoms with Gasteiger partial charge in [0.05, 0.1) is 11.4 Å². The molecular weight excluding hydrogens is 358 g/mol. The molecular formula is C19H27N7O2. The van der Waals surface area contributed by atoms with Crippen molar-refractivity contribution in [2.24, 2.45) is 11.3 Å². The number of aromatic nitrogens is 2. The van der Waals surface area contributed by atoms with Crippen LogP contribution in [0, 0.1) is 5.41 Å². The molecule has 2 aliphatic rings. The molecule has 0 radical (unpaired) electrons. The van der Waals surface area contributed by atoms with Crippen molar-refractivity contribution in [2.45, 2.75) is 38.6 Å². The summed E-state index contributed by atoms with van der Waals surface area (Å²) in [5.41, 5.74) is 8.47. The average Bonchev–Trinajstić information content (AvgIpc) is 3.25. The number of hydrazine groups is 1. The van der Waals surface area contributed by atoms with Crippen molar-refractivity contribution < 1.29 is 9.21 Å². The van der Waals surface area contributed by atoms with E-state index in [0.29, 0.717) is 28.2 Å². The molecule has 1 aliphatic carbocycles. The summed E-state index contributed by atoms with van der Waals surface area (Å²) < 4.78 is 5.67. The second-order valence-electron chi connectivity index (χ2n) is 7.99. The van der Waals surface area contributed by atoms with Crippen LogP contribution >= 0.6 is 0 Å². The summed E-state index contributed by atoms with van der Waals surface area (Å²) in [4.78, 5) is 14.6. The van der Waals surface area contributed by atoms with Gasteiger partial charge in [-0.05, 0) is 56.2 Å². The average molecular weight is 385 g/mol. The Kier molecular flexibility index (Phi) is 4.62. The number of nitrogens with zero attached hydrogens (tertiary/aromatic N) is 4. The molecule has 150 valence electrons. The van der Waals surface area contributed by atoms with Gasteiger partial charge in [-0.3, -0.25) is 4.79 Å². The van der Waals surface area contributed by atoms with Crippen LogP contribution in [0.4, 0.5) is 17.4 Å². The monoisotopic (exact) mass is 385 g/mol. The van der Waals surface area contributed by atoms with Crippen LogP contribution < -0.4 is 21.9 Å². The van der Waals surface area contributed by atoms with E-state index in [2.05, 4.69) is 15.5 Å². The Morgan fingerprint density at radius 2 is 2.00 bits per heavy atom.